The summed E-state index contributed by atoms with van der Waals surface area (Å²) in [6.45, 7) is 1.80. The average molecular weight is 322 g/mol. The van der Waals surface area contributed by atoms with E-state index in [1.807, 2.05) is 6.92 Å². The van der Waals surface area contributed by atoms with Gasteiger partial charge in [0.15, 0.2) is 0 Å². The van der Waals surface area contributed by atoms with Crippen LogP contribution in [0.5, 0.6) is 5.75 Å². The van der Waals surface area contributed by atoms with Gasteiger partial charge in [-0.15, -0.1) is 0 Å². The molecule has 116 valence electrons. The van der Waals surface area contributed by atoms with Gasteiger partial charge in [-0.3, -0.25) is 14.2 Å². The number of hydrogen-bond acceptors (Lipinski definition) is 4. The molecule has 1 N–H and O–H groups in total. The van der Waals surface area contributed by atoms with E-state index >= 15 is 0 Å². The predicted molar refractivity (Wildman–Crippen MR) is 84.5 cm³/mol. The first-order valence-electron chi connectivity index (χ1n) is 6.72. The highest BCUT2D eigenvalue weighted by Gasteiger charge is 2.08. The van der Waals surface area contributed by atoms with Crippen molar-refractivity contribution in [3.63, 3.8) is 0 Å². The molecule has 1 amide bonds. The number of benzene rings is 1. The lowest BCUT2D eigenvalue weighted by Crippen LogP contribution is -2.27. The summed E-state index contributed by atoms with van der Waals surface area (Å²) in [5.41, 5.74) is 0.973. The summed E-state index contributed by atoms with van der Waals surface area (Å²) in [5.74, 6) is 0.185. The van der Waals surface area contributed by atoms with Crippen molar-refractivity contribution in [1.82, 2.24) is 9.55 Å². The number of aryl methyl sites for hydroxylation is 1. The molecule has 0 aliphatic carbocycles. The molecule has 7 heteroatoms. The lowest BCUT2D eigenvalue weighted by molar-refractivity contribution is -0.116. The third kappa shape index (κ3) is 3.85. The number of hydrogen-bond donors (Lipinski definition) is 1. The molecular formula is C15H16ClN3O3. The molecule has 0 atom stereocenters. The summed E-state index contributed by atoms with van der Waals surface area (Å²) in [7, 11) is 1.51. The smallest absolute Gasteiger partial charge is 0.253 e. The Balaban J connectivity index is 2.07. The molecule has 0 saturated carbocycles. The monoisotopic (exact) mass is 321 g/mol. The highest BCUT2D eigenvalue weighted by molar-refractivity contribution is 6.32. The molecule has 1 aromatic heterocycles. The molecule has 1 aromatic carbocycles. The molecule has 2 aromatic rings. The summed E-state index contributed by atoms with van der Waals surface area (Å²) in [6, 6.07) is 6.34. The minimum Gasteiger partial charge on any atom is -0.495 e. The maximum absolute atomic E-state index is 12.0. The van der Waals surface area contributed by atoms with Gasteiger partial charge in [-0.2, -0.15) is 0 Å². The van der Waals surface area contributed by atoms with E-state index < -0.39 is 0 Å². The van der Waals surface area contributed by atoms with Gasteiger partial charge in [0.05, 0.1) is 18.5 Å². The molecule has 0 spiro atoms. The number of ether oxygens (including phenoxy) is 1. The van der Waals surface area contributed by atoms with Gasteiger partial charge in [-0.05, 0) is 24.6 Å². The molecule has 0 bridgehead atoms. The fourth-order valence-electron chi connectivity index (χ4n) is 1.87. The Bertz CT molecular complexity index is 743. The Kier molecular flexibility index (Phi) is 5.16. The molecule has 0 aliphatic rings. The van der Waals surface area contributed by atoms with Crippen molar-refractivity contribution in [2.24, 2.45) is 0 Å². The average Bonchev–Trinajstić information content (AvgIpc) is 2.49. The van der Waals surface area contributed by atoms with Crippen LogP contribution in [-0.2, 0) is 17.8 Å². The first-order valence-corrected chi connectivity index (χ1v) is 7.10. The number of aromatic nitrogens is 2. The second-order valence-electron chi connectivity index (χ2n) is 4.60. The van der Waals surface area contributed by atoms with Gasteiger partial charge in [0, 0.05) is 17.4 Å². The van der Waals surface area contributed by atoms with Crippen LogP contribution in [0.4, 0.5) is 5.69 Å². The number of anilines is 1. The minimum atomic E-state index is -0.339. The van der Waals surface area contributed by atoms with Crippen LogP contribution in [0, 0.1) is 0 Å². The lowest BCUT2D eigenvalue weighted by atomic mass is 10.3. The summed E-state index contributed by atoms with van der Waals surface area (Å²) < 4.78 is 6.29. The van der Waals surface area contributed by atoms with Gasteiger partial charge < -0.3 is 10.1 Å². The van der Waals surface area contributed by atoms with Crippen LogP contribution in [0.15, 0.2) is 35.4 Å². The topological polar surface area (TPSA) is 73.2 Å². The van der Waals surface area contributed by atoms with Crippen LogP contribution >= 0.6 is 11.6 Å². The van der Waals surface area contributed by atoms with E-state index in [1.165, 1.54) is 24.1 Å². The molecule has 1 heterocycles. The van der Waals surface area contributed by atoms with Crippen LogP contribution in [-0.4, -0.2) is 22.6 Å². The van der Waals surface area contributed by atoms with E-state index in [2.05, 4.69) is 10.3 Å². The first kappa shape index (κ1) is 16.0. The zero-order chi connectivity index (χ0) is 16.1. The highest BCUT2D eigenvalue weighted by atomic mass is 35.5. The van der Waals surface area contributed by atoms with E-state index in [4.69, 9.17) is 16.3 Å². The molecule has 0 unspecified atom stereocenters. The van der Waals surface area contributed by atoms with E-state index in [9.17, 15) is 9.59 Å². The first-order chi connectivity index (χ1) is 10.5. The summed E-state index contributed by atoms with van der Waals surface area (Å²) in [4.78, 5) is 27.9. The highest BCUT2D eigenvalue weighted by Crippen LogP contribution is 2.27. The molecule has 22 heavy (non-hydrogen) atoms. The molecular weight excluding hydrogens is 306 g/mol. The molecule has 0 radical (unpaired) electrons. The SMILES string of the molecule is CCc1cc(=O)n(CC(=O)Nc2ccc(OC)c(Cl)c2)cn1. The molecule has 0 saturated heterocycles. The normalized spacial score (nSPS) is 10.3. The van der Waals surface area contributed by atoms with Gasteiger partial charge in [0.25, 0.3) is 5.56 Å². The molecule has 6 nitrogen and oxygen atoms in total. The van der Waals surface area contributed by atoms with Gasteiger partial charge in [-0.1, -0.05) is 18.5 Å². The molecule has 0 fully saturated rings. The number of methoxy groups -OCH3 is 1. The maximum atomic E-state index is 12.0. The van der Waals surface area contributed by atoms with Crippen LogP contribution in [0.25, 0.3) is 0 Å². The van der Waals surface area contributed by atoms with Crippen molar-refractivity contribution >= 4 is 23.2 Å². The largest absolute Gasteiger partial charge is 0.495 e. The Morgan fingerprint density at radius 2 is 2.18 bits per heavy atom. The van der Waals surface area contributed by atoms with Crippen molar-refractivity contribution in [3.05, 3.63) is 51.7 Å². The van der Waals surface area contributed by atoms with E-state index in [1.54, 1.807) is 18.2 Å². The standard InChI is InChI=1S/C15H16ClN3O3/c1-3-10-7-15(21)19(9-17-10)8-14(20)18-11-4-5-13(22-2)12(16)6-11/h4-7,9H,3,8H2,1-2H3,(H,18,20). The number of amides is 1. The van der Waals surface area contributed by atoms with E-state index in [0.29, 0.717) is 28.6 Å². The second-order valence-corrected chi connectivity index (χ2v) is 5.00. The Morgan fingerprint density at radius 3 is 2.77 bits per heavy atom. The number of carbonyl (C=O) groups is 1. The Morgan fingerprint density at radius 1 is 1.41 bits per heavy atom. The number of nitrogens with one attached hydrogen (secondary N) is 1. The van der Waals surface area contributed by atoms with Crippen molar-refractivity contribution < 1.29 is 9.53 Å². The lowest BCUT2D eigenvalue weighted by Gasteiger charge is -2.09. The van der Waals surface area contributed by atoms with Crippen molar-refractivity contribution in [3.8, 4) is 5.75 Å². The summed E-state index contributed by atoms with van der Waals surface area (Å²) in [5, 5.41) is 3.07. The number of rotatable bonds is 5. The van der Waals surface area contributed by atoms with E-state index in [0.717, 1.165) is 0 Å². The summed E-state index contributed by atoms with van der Waals surface area (Å²) in [6.07, 6.45) is 2.05. The van der Waals surface area contributed by atoms with Crippen LogP contribution in [0.2, 0.25) is 5.02 Å². The minimum absolute atomic E-state index is 0.112. The van der Waals surface area contributed by atoms with Gasteiger partial charge in [0.1, 0.15) is 12.3 Å². The number of nitrogens with zero attached hydrogens (tertiary/aromatic N) is 2. The van der Waals surface area contributed by atoms with Crippen LogP contribution in [0.3, 0.4) is 0 Å². The van der Waals surface area contributed by atoms with Crippen LogP contribution < -0.4 is 15.6 Å². The summed E-state index contributed by atoms with van der Waals surface area (Å²) >= 11 is 5.99. The predicted octanol–water partition coefficient (Wildman–Crippen LogP) is 2.11. The van der Waals surface area contributed by atoms with Gasteiger partial charge in [0.2, 0.25) is 5.91 Å². The fraction of sp³-hybridized carbons (Fsp3) is 0.267. The Hall–Kier alpha value is -2.34. The van der Waals surface area contributed by atoms with Crippen LogP contribution in [0.1, 0.15) is 12.6 Å². The number of halogens is 1. The van der Waals surface area contributed by atoms with Gasteiger partial charge >= 0.3 is 0 Å². The zero-order valence-corrected chi connectivity index (χ0v) is 13.1. The Labute approximate surface area is 132 Å². The number of carbonyl (C=O) groups excluding carboxylic acids is 1. The second kappa shape index (κ2) is 7.09. The fourth-order valence-corrected chi connectivity index (χ4v) is 2.13. The van der Waals surface area contributed by atoms with Crippen molar-refractivity contribution in [2.75, 3.05) is 12.4 Å². The maximum Gasteiger partial charge on any atom is 0.253 e. The third-order valence-corrected chi connectivity index (χ3v) is 3.34. The molecule has 2 rings (SSSR count). The van der Waals surface area contributed by atoms with E-state index in [-0.39, 0.29) is 18.0 Å². The molecule has 0 aliphatic heterocycles. The van der Waals surface area contributed by atoms with Gasteiger partial charge in [-0.25, -0.2) is 4.98 Å². The van der Waals surface area contributed by atoms with Crippen molar-refractivity contribution in [2.45, 2.75) is 19.9 Å². The quantitative estimate of drug-likeness (QED) is 0.915. The third-order valence-electron chi connectivity index (χ3n) is 3.05. The van der Waals surface area contributed by atoms with Crippen molar-refractivity contribution in [1.29, 1.82) is 0 Å². The zero-order valence-electron chi connectivity index (χ0n) is 12.3.